The highest BCUT2D eigenvalue weighted by Crippen LogP contribution is 2.48. The lowest BCUT2D eigenvalue weighted by Crippen LogP contribution is -2.35. The van der Waals surface area contributed by atoms with Crippen molar-refractivity contribution in [1.29, 1.82) is 0 Å². The van der Waals surface area contributed by atoms with Crippen molar-refractivity contribution in [3.8, 4) is 0 Å². The van der Waals surface area contributed by atoms with Crippen LogP contribution in [0.4, 0.5) is 10.7 Å². The van der Waals surface area contributed by atoms with Crippen molar-refractivity contribution in [1.82, 2.24) is 15.5 Å². The van der Waals surface area contributed by atoms with Crippen LogP contribution >= 0.6 is 11.3 Å². The summed E-state index contributed by atoms with van der Waals surface area (Å²) in [6, 6.07) is 2.81. The molecule has 3 unspecified atom stereocenters. The third kappa shape index (κ3) is 4.60. The molecule has 1 aromatic rings. The number of rotatable bonds is 7. The number of piperidine rings is 1. The molecule has 2 saturated heterocycles. The quantitative estimate of drug-likeness (QED) is 0.596. The van der Waals surface area contributed by atoms with Crippen LogP contribution in [0.5, 0.6) is 0 Å². The molecule has 5 nitrogen and oxygen atoms in total. The summed E-state index contributed by atoms with van der Waals surface area (Å²) in [5.74, 6) is 1.69. The van der Waals surface area contributed by atoms with Crippen molar-refractivity contribution in [3.63, 3.8) is 0 Å². The van der Waals surface area contributed by atoms with Crippen molar-refractivity contribution in [2.75, 3.05) is 58.8 Å². The maximum absolute atomic E-state index is 5.24. The number of fused-ring (bicyclic) bond motifs is 2. The highest BCUT2D eigenvalue weighted by atomic mass is 32.1. The first-order valence-corrected chi connectivity index (χ1v) is 13.3. The second kappa shape index (κ2) is 9.80. The van der Waals surface area contributed by atoms with Gasteiger partial charge in [-0.25, -0.2) is 0 Å². The van der Waals surface area contributed by atoms with Gasteiger partial charge in [0.2, 0.25) is 0 Å². The van der Waals surface area contributed by atoms with Crippen LogP contribution in [0.1, 0.15) is 49.4 Å². The first-order chi connectivity index (χ1) is 15.6. The van der Waals surface area contributed by atoms with Gasteiger partial charge in [0, 0.05) is 44.2 Å². The molecule has 3 atom stereocenters. The van der Waals surface area contributed by atoms with Gasteiger partial charge in [0.15, 0.2) is 0 Å². The van der Waals surface area contributed by atoms with Crippen LogP contribution in [-0.4, -0.2) is 64.5 Å². The zero-order chi connectivity index (χ0) is 22.1. The number of hydrogen-bond acceptors (Lipinski definition) is 6. The number of thiophene rings is 1. The number of aliphatic imine (C=N–C) groups is 1. The maximum atomic E-state index is 5.24. The molecular formula is C26H39N5S. The van der Waals surface area contributed by atoms with E-state index in [1.54, 1.807) is 5.57 Å². The predicted molar refractivity (Wildman–Crippen MR) is 138 cm³/mol. The largest absolute Gasteiger partial charge is 0.370 e. The van der Waals surface area contributed by atoms with Gasteiger partial charge in [0.25, 0.3) is 0 Å². The standard InChI is InChI=1S/C26H39N5S/c1-27-11-4-5-18-6-8-19(9-7-18)22-13-24(26-23(29-22)14-25(32-26)30(2)3)31-16-20-10-12-28-15-21(20)17-31/h6,8,14,20-21,24,27-28H,4-5,7,9-13,15-17H2,1-3H3. The van der Waals surface area contributed by atoms with Crippen molar-refractivity contribution in [2.45, 2.75) is 44.6 Å². The zero-order valence-corrected chi connectivity index (χ0v) is 20.8. The summed E-state index contributed by atoms with van der Waals surface area (Å²) in [7, 11) is 6.34. The summed E-state index contributed by atoms with van der Waals surface area (Å²) in [5, 5.41) is 8.22. The average molecular weight is 454 g/mol. The molecule has 0 aromatic carbocycles. The summed E-state index contributed by atoms with van der Waals surface area (Å²) < 4.78 is 0. The Kier molecular flexibility index (Phi) is 6.84. The lowest BCUT2D eigenvalue weighted by Gasteiger charge is -2.32. The Labute approximate surface area is 197 Å². The molecule has 5 rings (SSSR count). The molecule has 3 aliphatic heterocycles. The van der Waals surface area contributed by atoms with E-state index in [0.29, 0.717) is 6.04 Å². The SMILES string of the molecule is CNCCCC1=CC=C(C2=Nc3cc(N(C)C)sc3C(N3CC4CCNCC4C3)C2)CC1. The van der Waals surface area contributed by atoms with Crippen molar-refractivity contribution in [2.24, 2.45) is 16.8 Å². The average Bonchev–Trinajstić information content (AvgIpc) is 3.43. The van der Waals surface area contributed by atoms with Crippen LogP contribution in [0.25, 0.3) is 0 Å². The van der Waals surface area contributed by atoms with E-state index < -0.39 is 0 Å². The number of allylic oxidation sites excluding steroid dienone is 4. The van der Waals surface area contributed by atoms with Crippen LogP contribution < -0.4 is 15.5 Å². The number of nitrogens with one attached hydrogen (secondary N) is 2. The molecule has 4 aliphatic rings. The highest BCUT2D eigenvalue weighted by Gasteiger charge is 2.40. The van der Waals surface area contributed by atoms with Gasteiger partial charge in [-0.15, -0.1) is 11.3 Å². The summed E-state index contributed by atoms with van der Waals surface area (Å²) in [6.45, 7) is 5.98. The molecule has 174 valence electrons. The molecule has 1 aliphatic carbocycles. The van der Waals surface area contributed by atoms with Gasteiger partial charge in [-0.05, 0) is 82.3 Å². The summed E-state index contributed by atoms with van der Waals surface area (Å²) in [4.78, 5) is 11.8. The van der Waals surface area contributed by atoms with Gasteiger partial charge in [0.05, 0.1) is 16.7 Å². The van der Waals surface area contributed by atoms with Gasteiger partial charge in [-0.1, -0.05) is 17.7 Å². The maximum Gasteiger partial charge on any atom is 0.0929 e. The van der Waals surface area contributed by atoms with E-state index in [4.69, 9.17) is 4.99 Å². The molecule has 0 radical (unpaired) electrons. The van der Waals surface area contributed by atoms with E-state index in [9.17, 15) is 0 Å². The molecular weight excluding hydrogens is 414 g/mol. The molecule has 0 saturated carbocycles. The number of hydrogen-bond donors (Lipinski definition) is 2. The van der Waals surface area contributed by atoms with Crippen molar-refractivity contribution >= 4 is 27.7 Å². The zero-order valence-electron chi connectivity index (χ0n) is 20.0. The molecule has 2 fully saturated rings. The van der Waals surface area contributed by atoms with E-state index in [1.165, 1.54) is 78.7 Å². The molecule has 0 bridgehead atoms. The lowest BCUT2D eigenvalue weighted by atomic mass is 9.89. The smallest absolute Gasteiger partial charge is 0.0929 e. The van der Waals surface area contributed by atoms with Crippen LogP contribution in [0, 0.1) is 11.8 Å². The minimum absolute atomic E-state index is 0.490. The fourth-order valence-electron chi connectivity index (χ4n) is 5.88. The Balaban J connectivity index is 1.39. The van der Waals surface area contributed by atoms with E-state index in [2.05, 4.69) is 52.7 Å². The molecule has 4 heterocycles. The third-order valence-corrected chi connectivity index (χ3v) is 9.18. The Morgan fingerprint density at radius 3 is 2.84 bits per heavy atom. The third-order valence-electron chi connectivity index (χ3n) is 7.79. The van der Waals surface area contributed by atoms with Crippen LogP contribution in [0.3, 0.4) is 0 Å². The molecule has 1 aromatic heterocycles. The first-order valence-electron chi connectivity index (χ1n) is 12.5. The molecule has 2 N–H and O–H groups in total. The Hall–Kier alpha value is -1.47. The summed E-state index contributed by atoms with van der Waals surface area (Å²) in [5.41, 5.74) is 5.62. The van der Waals surface area contributed by atoms with E-state index in [-0.39, 0.29) is 0 Å². The second-order valence-electron chi connectivity index (χ2n) is 10.2. The number of anilines is 1. The monoisotopic (exact) mass is 453 g/mol. The van der Waals surface area contributed by atoms with Gasteiger partial charge in [0.1, 0.15) is 0 Å². The van der Waals surface area contributed by atoms with Crippen LogP contribution in [-0.2, 0) is 0 Å². The van der Waals surface area contributed by atoms with Crippen LogP contribution in [0.15, 0.2) is 34.4 Å². The molecule has 0 amide bonds. The highest BCUT2D eigenvalue weighted by molar-refractivity contribution is 7.16. The Morgan fingerprint density at radius 1 is 1.22 bits per heavy atom. The Morgan fingerprint density at radius 2 is 2.09 bits per heavy atom. The van der Waals surface area contributed by atoms with Crippen molar-refractivity contribution < 1.29 is 0 Å². The molecule has 0 spiro atoms. The molecule has 32 heavy (non-hydrogen) atoms. The lowest BCUT2D eigenvalue weighted by molar-refractivity contribution is 0.241. The summed E-state index contributed by atoms with van der Waals surface area (Å²) >= 11 is 1.96. The predicted octanol–water partition coefficient (Wildman–Crippen LogP) is 4.52. The Bertz CT molecular complexity index is 897. The van der Waals surface area contributed by atoms with Gasteiger partial charge in [-0.3, -0.25) is 9.89 Å². The van der Waals surface area contributed by atoms with E-state index >= 15 is 0 Å². The fourth-order valence-corrected chi connectivity index (χ4v) is 7.03. The van der Waals surface area contributed by atoms with E-state index in [0.717, 1.165) is 31.2 Å². The fraction of sp³-hybridized carbons (Fsp3) is 0.654. The second-order valence-corrected chi connectivity index (χ2v) is 11.3. The molecule has 6 heteroatoms. The van der Waals surface area contributed by atoms with Gasteiger partial charge >= 0.3 is 0 Å². The minimum Gasteiger partial charge on any atom is -0.370 e. The van der Waals surface area contributed by atoms with E-state index in [1.807, 2.05) is 18.4 Å². The minimum atomic E-state index is 0.490. The van der Waals surface area contributed by atoms with Crippen LogP contribution in [0.2, 0.25) is 0 Å². The number of nitrogens with zero attached hydrogens (tertiary/aromatic N) is 3. The topological polar surface area (TPSA) is 42.9 Å². The number of likely N-dealkylation sites (tertiary alicyclic amines) is 1. The van der Waals surface area contributed by atoms with Crippen molar-refractivity contribution in [3.05, 3.63) is 34.2 Å². The van der Waals surface area contributed by atoms with Gasteiger partial charge in [-0.2, -0.15) is 0 Å². The normalized spacial score (nSPS) is 28.0. The summed E-state index contributed by atoms with van der Waals surface area (Å²) in [6.07, 6.45) is 12.0. The first kappa shape index (κ1) is 22.3. The van der Waals surface area contributed by atoms with Gasteiger partial charge < -0.3 is 15.5 Å².